The lowest BCUT2D eigenvalue weighted by Gasteiger charge is -2.19. The summed E-state index contributed by atoms with van der Waals surface area (Å²) in [6, 6.07) is 5.11. The third-order valence-corrected chi connectivity index (χ3v) is 3.57. The van der Waals surface area contributed by atoms with Gasteiger partial charge in [0.15, 0.2) is 0 Å². The summed E-state index contributed by atoms with van der Waals surface area (Å²) in [6.45, 7) is 0.666. The Morgan fingerprint density at radius 3 is 2.65 bits per heavy atom. The molecule has 20 heavy (non-hydrogen) atoms. The zero-order valence-corrected chi connectivity index (χ0v) is 10.9. The van der Waals surface area contributed by atoms with Crippen molar-refractivity contribution < 1.29 is 19.4 Å². The highest BCUT2D eigenvalue weighted by molar-refractivity contribution is 6.13. The maximum Gasteiger partial charge on any atom is 0.233 e. The van der Waals surface area contributed by atoms with Crippen molar-refractivity contribution in [1.29, 1.82) is 0 Å². The van der Waals surface area contributed by atoms with E-state index in [-0.39, 0.29) is 24.3 Å². The molecular formula is C14H16N2O4. The molecule has 0 saturated carbocycles. The van der Waals surface area contributed by atoms with Gasteiger partial charge in [-0.1, -0.05) is 6.07 Å². The first kappa shape index (κ1) is 13.1. The molecule has 1 aromatic rings. The standard InChI is InChI=1S/C14H16N2O4/c17-12-7-13(18)16-10-6-8(3-4-9(10)15-12)14(19)11-2-1-5-20-11/h3-4,6,11,14,19H,1-2,5,7H2,(H,15,17)(H,16,18). The first-order chi connectivity index (χ1) is 9.63. The fourth-order valence-corrected chi connectivity index (χ4v) is 2.56. The Balaban J connectivity index is 1.88. The van der Waals surface area contributed by atoms with Gasteiger partial charge in [0.25, 0.3) is 0 Å². The molecule has 3 rings (SSSR count). The zero-order chi connectivity index (χ0) is 14.1. The van der Waals surface area contributed by atoms with Crippen LogP contribution in [0.1, 0.15) is 30.9 Å². The second-order valence-electron chi connectivity index (χ2n) is 5.07. The van der Waals surface area contributed by atoms with Gasteiger partial charge in [-0.05, 0) is 30.5 Å². The number of anilines is 2. The molecule has 0 aromatic heterocycles. The van der Waals surface area contributed by atoms with E-state index < -0.39 is 6.10 Å². The SMILES string of the molecule is O=C1CC(=O)Nc2cc(C(O)C3CCCO3)ccc2N1. The van der Waals surface area contributed by atoms with Crippen LogP contribution in [0.3, 0.4) is 0 Å². The van der Waals surface area contributed by atoms with Gasteiger partial charge in [-0.3, -0.25) is 9.59 Å². The van der Waals surface area contributed by atoms with Crippen LogP contribution in [0, 0.1) is 0 Å². The van der Waals surface area contributed by atoms with Gasteiger partial charge in [0.1, 0.15) is 12.5 Å². The molecule has 3 N–H and O–H groups in total. The van der Waals surface area contributed by atoms with Crippen molar-refractivity contribution in [3.63, 3.8) is 0 Å². The van der Waals surface area contributed by atoms with Crippen LogP contribution in [0.25, 0.3) is 0 Å². The summed E-state index contributed by atoms with van der Waals surface area (Å²) < 4.78 is 5.47. The smallest absolute Gasteiger partial charge is 0.233 e. The molecule has 2 unspecified atom stereocenters. The summed E-state index contributed by atoms with van der Waals surface area (Å²) >= 11 is 0. The highest BCUT2D eigenvalue weighted by Crippen LogP contribution is 2.32. The Morgan fingerprint density at radius 2 is 1.95 bits per heavy atom. The molecule has 0 bridgehead atoms. The van der Waals surface area contributed by atoms with Crippen molar-refractivity contribution in [3.05, 3.63) is 23.8 Å². The van der Waals surface area contributed by atoms with E-state index in [0.717, 1.165) is 12.8 Å². The number of hydrogen-bond donors (Lipinski definition) is 3. The highest BCUT2D eigenvalue weighted by atomic mass is 16.5. The van der Waals surface area contributed by atoms with E-state index in [9.17, 15) is 14.7 Å². The molecule has 6 nitrogen and oxygen atoms in total. The number of aliphatic hydroxyl groups is 1. The van der Waals surface area contributed by atoms with Crippen molar-refractivity contribution in [2.75, 3.05) is 17.2 Å². The Hall–Kier alpha value is -1.92. The number of ether oxygens (including phenoxy) is 1. The van der Waals surface area contributed by atoms with Crippen LogP contribution in [-0.2, 0) is 14.3 Å². The van der Waals surface area contributed by atoms with Crippen LogP contribution in [0.5, 0.6) is 0 Å². The molecule has 0 radical (unpaired) electrons. The third-order valence-electron chi connectivity index (χ3n) is 3.57. The van der Waals surface area contributed by atoms with E-state index in [2.05, 4.69) is 10.6 Å². The van der Waals surface area contributed by atoms with E-state index in [1.807, 2.05) is 0 Å². The van der Waals surface area contributed by atoms with E-state index in [1.54, 1.807) is 18.2 Å². The van der Waals surface area contributed by atoms with Crippen LogP contribution in [0.15, 0.2) is 18.2 Å². The van der Waals surface area contributed by atoms with Crippen LogP contribution < -0.4 is 10.6 Å². The lowest BCUT2D eigenvalue weighted by Crippen LogP contribution is -2.17. The average Bonchev–Trinajstić information content (AvgIpc) is 2.88. The maximum absolute atomic E-state index is 11.5. The Morgan fingerprint density at radius 1 is 1.20 bits per heavy atom. The lowest BCUT2D eigenvalue weighted by atomic mass is 10.0. The van der Waals surface area contributed by atoms with Gasteiger partial charge in [-0.25, -0.2) is 0 Å². The minimum Gasteiger partial charge on any atom is -0.386 e. The first-order valence-electron chi connectivity index (χ1n) is 6.67. The van der Waals surface area contributed by atoms with Crippen molar-refractivity contribution >= 4 is 23.2 Å². The Kier molecular flexibility index (Phi) is 3.42. The normalized spacial score (nSPS) is 23.6. The number of carbonyl (C=O) groups excluding carboxylic acids is 2. The molecule has 2 atom stereocenters. The molecule has 2 amide bonds. The number of fused-ring (bicyclic) bond motifs is 1. The summed E-state index contributed by atoms with van der Waals surface area (Å²) in [5.74, 6) is -0.696. The number of carbonyl (C=O) groups is 2. The van der Waals surface area contributed by atoms with Crippen LogP contribution in [0.2, 0.25) is 0 Å². The molecule has 2 heterocycles. The predicted octanol–water partition coefficient (Wildman–Crippen LogP) is 1.18. The van der Waals surface area contributed by atoms with E-state index in [4.69, 9.17) is 4.74 Å². The molecule has 106 valence electrons. The maximum atomic E-state index is 11.5. The average molecular weight is 276 g/mol. The number of nitrogens with one attached hydrogen (secondary N) is 2. The minimum absolute atomic E-state index is 0.196. The summed E-state index contributed by atoms with van der Waals surface area (Å²) in [5, 5.41) is 15.6. The molecule has 1 saturated heterocycles. The topological polar surface area (TPSA) is 87.7 Å². The van der Waals surface area contributed by atoms with Crippen molar-refractivity contribution in [2.24, 2.45) is 0 Å². The molecule has 1 aromatic carbocycles. The fourth-order valence-electron chi connectivity index (χ4n) is 2.56. The molecular weight excluding hydrogens is 260 g/mol. The van der Waals surface area contributed by atoms with Crippen LogP contribution in [-0.4, -0.2) is 29.6 Å². The zero-order valence-electron chi connectivity index (χ0n) is 10.9. The van der Waals surface area contributed by atoms with Gasteiger partial charge in [0.05, 0.1) is 17.5 Å². The van der Waals surface area contributed by atoms with E-state index >= 15 is 0 Å². The molecule has 0 spiro atoms. The van der Waals surface area contributed by atoms with Crippen molar-refractivity contribution in [3.8, 4) is 0 Å². The second-order valence-corrected chi connectivity index (χ2v) is 5.07. The molecule has 2 aliphatic rings. The first-order valence-corrected chi connectivity index (χ1v) is 6.67. The second kappa shape index (κ2) is 5.22. The predicted molar refractivity (Wildman–Crippen MR) is 72.3 cm³/mol. The Bertz CT molecular complexity index is 552. The molecule has 2 aliphatic heterocycles. The quantitative estimate of drug-likeness (QED) is 0.708. The number of hydrogen-bond acceptors (Lipinski definition) is 4. The van der Waals surface area contributed by atoms with E-state index in [1.165, 1.54) is 0 Å². The van der Waals surface area contributed by atoms with Crippen LogP contribution >= 0.6 is 0 Å². The van der Waals surface area contributed by atoms with Crippen molar-refractivity contribution in [2.45, 2.75) is 31.5 Å². The summed E-state index contributed by atoms with van der Waals surface area (Å²) in [5.41, 5.74) is 1.73. The largest absolute Gasteiger partial charge is 0.386 e. The highest BCUT2D eigenvalue weighted by Gasteiger charge is 2.27. The lowest BCUT2D eigenvalue weighted by molar-refractivity contribution is -0.123. The Labute approximate surface area is 116 Å². The molecule has 0 aliphatic carbocycles. The summed E-state index contributed by atoms with van der Waals surface area (Å²) in [4.78, 5) is 23.0. The van der Waals surface area contributed by atoms with Gasteiger partial charge in [-0.15, -0.1) is 0 Å². The van der Waals surface area contributed by atoms with Crippen LogP contribution in [0.4, 0.5) is 11.4 Å². The summed E-state index contributed by atoms with van der Waals surface area (Å²) in [7, 11) is 0. The number of amides is 2. The molecule has 1 fully saturated rings. The fraction of sp³-hybridized carbons (Fsp3) is 0.429. The summed E-state index contributed by atoms with van der Waals surface area (Å²) in [6.07, 6.45) is 0.641. The van der Waals surface area contributed by atoms with Gasteiger partial charge < -0.3 is 20.5 Å². The number of rotatable bonds is 2. The van der Waals surface area contributed by atoms with Gasteiger partial charge >= 0.3 is 0 Å². The minimum atomic E-state index is -0.723. The van der Waals surface area contributed by atoms with Gasteiger partial charge in [-0.2, -0.15) is 0 Å². The molecule has 6 heteroatoms. The number of aliphatic hydroxyl groups excluding tert-OH is 1. The number of benzene rings is 1. The van der Waals surface area contributed by atoms with Gasteiger partial charge in [0, 0.05) is 6.61 Å². The van der Waals surface area contributed by atoms with Gasteiger partial charge in [0.2, 0.25) is 11.8 Å². The third kappa shape index (κ3) is 2.52. The van der Waals surface area contributed by atoms with E-state index in [0.29, 0.717) is 23.5 Å². The van der Waals surface area contributed by atoms with Crippen molar-refractivity contribution in [1.82, 2.24) is 0 Å². The monoisotopic (exact) mass is 276 g/mol.